The monoisotopic (exact) mass is 626 g/mol. The lowest BCUT2D eigenvalue weighted by atomic mass is 10.0. The first-order valence-corrected chi connectivity index (χ1v) is 13.6. The van der Waals surface area contributed by atoms with Gasteiger partial charge in [-0.25, -0.2) is 10.2 Å². The van der Waals surface area contributed by atoms with Crippen molar-refractivity contribution >= 4 is 50.6 Å². The largest absolute Gasteiger partial charge is 0.490 e. The Kier molecular flexibility index (Phi) is 8.39. The third kappa shape index (κ3) is 6.21. The number of aromatic nitrogens is 1. The molecule has 2 N–H and O–H groups in total. The van der Waals surface area contributed by atoms with Crippen LogP contribution in [0, 0.1) is 10.1 Å². The number of halogens is 1. The standard InChI is InChI=1S/C31H23BrN4O6/c1-2-41-27-16-19(8-15-26(27)42-31(38)21-9-12-23(13-10-21)36(39)40)18-33-35-30(37)29-28(20-6-4-3-5-7-20)24-17-22(32)11-14-25(24)34-29/h3-18,34H,2H2,1H3,(H,35,37). The van der Waals surface area contributed by atoms with Gasteiger partial charge in [0.25, 0.3) is 11.6 Å². The number of H-pyrrole nitrogens is 1. The molecule has 1 amide bonds. The molecule has 0 saturated heterocycles. The minimum atomic E-state index is -0.695. The number of nitro groups is 1. The molecule has 0 atom stereocenters. The van der Waals surface area contributed by atoms with Gasteiger partial charge in [-0.1, -0.05) is 46.3 Å². The number of nitro benzene ring substituents is 1. The number of hydrazone groups is 1. The number of amides is 1. The van der Waals surface area contributed by atoms with E-state index in [1.807, 2.05) is 48.5 Å². The topological polar surface area (TPSA) is 136 Å². The molecule has 10 nitrogen and oxygen atoms in total. The number of hydrogen-bond acceptors (Lipinski definition) is 7. The van der Waals surface area contributed by atoms with Crippen molar-refractivity contribution < 1.29 is 24.0 Å². The maximum atomic E-state index is 13.2. The normalized spacial score (nSPS) is 11.0. The Balaban J connectivity index is 1.34. The molecule has 0 saturated carbocycles. The molecule has 0 aliphatic heterocycles. The van der Waals surface area contributed by atoms with Gasteiger partial charge < -0.3 is 14.5 Å². The lowest BCUT2D eigenvalue weighted by Gasteiger charge is -2.11. The summed E-state index contributed by atoms with van der Waals surface area (Å²) in [7, 11) is 0. The van der Waals surface area contributed by atoms with Crippen molar-refractivity contribution in [2.45, 2.75) is 6.92 Å². The van der Waals surface area contributed by atoms with Crippen LogP contribution >= 0.6 is 15.9 Å². The fourth-order valence-corrected chi connectivity index (χ4v) is 4.66. The van der Waals surface area contributed by atoms with Gasteiger partial charge in [-0.2, -0.15) is 5.10 Å². The van der Waals surface area contributed by atoms with Crippen molar-refractivity contribution in [1.29, 1.82) is 0 Å². The summed E-state index contributed by atoms with van der Waals surface area (Å²) < 4.78 is 12.0. The minimum Gasteiger partial charge on any atom is -0.490 e. The molecular weight excluding hydrogens is 604 g/mol. The fraction of sp³-hybridized carbons (Fsp3) is 0.0645. The number of hydrogen-bond donors (Lipinski definition) is 2. The van der Waals surface area contributed by atoms with Crippen molar-refractivity contribution in [3.8, 4) is 22.6 Å². The van der Waals surface area contributed by atoms with Gasteiger partial charge in [0.15, 0.2) is 11.5 Å². The zero-order valence-corrected chi connectivity index (χ0v) is 23.8. The second kappa shape index (κ2) is 12.5. The van der Waals surface area contributed by atoms with E-state index in [9.17, 15) is 19.7 Å². The summed E-state index contributed by atoms with van der Waals surface area (Å²) in [5.41, 5.74) is 6.00. The van der Waals surface area contributed by atoms with Crippen LogP contribution in [0.1, 0.15) is 33.3 Å². The lowest BCUT2D eigenvalue weighted by Crippen LogP contribution is -2.18. The number of nitrogens with zero attached hydrogens (tertiary/aromatic N) is 2. The second-order valence-corrected chi connectivity index (χ2v) is 9.88. The molecule has 0 unspecified atom stereocenters. The van der Waals surface area contributed by atoms with Crippen LogP contribution in [-0.4, -0.2) is 34.6 Å². The fourth-order valence-electron chi connectivity index (χ4n) is 4.30. The van der Waals surface area contributed by atoms with E-state index >= 15 is 0 Å². The number of nitrogens with one attached hydrogen (secondary N) is 2. The summed E-state index contributed by atoms with van der Waals surface area (Å²) in [4.78, 5) is 39.4. The zero-order chi connectivity index (χ0) is 29.6. The molecule has 1 aromatic heterocycles. The maximum Gasteiger partial charge on any atom is 0.343 e. The predicted molar refractivity (Wildman–Crippen MR) is 162 cm³/mol. The molecule has 0 aliphatic rings. The summed E-state index contributed by atoms with van der Waals surface area (Å²) in [6, 6.07) is 25.3. The van der Waals surface area contributed by atoms with E-state index in [0.29, 0.717) is 17.9 Å². The molecule has 0 fully saturated rings. The number of rotatable bonds is 9. The van der Waals surface area contributed by atoms with Crippen molar-refractivity contribution in [3.63, 3.8) is 0 Å². The molecule has 0 spiro atoms. The molecule has 1 heterocycles. The minimum absolute atomic E-state index is 0.133. The van der Waals surface area contributed by atoms with Crippen molar-refractivity contribution in [2.24, 2.45) is 5.10 Å². The van der Waals surface area contributed by atoms with Gasteiger partial charge in [0, 0.05) is 33.1 Å². The van der Waals surface area contributed by atoms with Gasteiger partial charge >= 0.3 is 5.97 Å². The van der Waals surface area contributed by atoms with Crippen LogP contribution in [0.2, 0.25) is 0 Å². The van der Waals surface area contributed by atoms with E-state index in [0.717, 1.165) is 26.5 Å². The molecule has 0 radical (unpaired) electrons. The van der Waals surface area contributed by atoms with Gasteiger partial charge in [-0.05, 0) is 66.6 Å². The van der Waals surface area contributed by atoms with E-state index in [2.05, 4.69) is 31.4 Å². The molecule has 4 aromatic carbocycles. The van der Waals surface area contributed by atoms with E-state index < -0.39 is 16.8 Å². The summed E-state index contributed by atoms with van der Waals surface area (Å²) in [6.07, 6.45) is 1.45. The highest BCUT2D eigenvalue weighted by Crippen LogP contribution is 2.34. The molecule has 5 aromatic rings. The number of fused-ring (bicyclic) bond motifs is 1. The molecule has 210 valence electrons. The van der Waals surface area contributed by atoms with Crippen LogP contribution in [0.4, 0.5) is 5.69 Å². The number of carbonyl (C=O) groups excluding carboxylic acids is 2. The van der Waals surface area contributed by atoms with E-state index in [1.165, 1.54) is 30.5 Å². The van der Waals surface area contributed by atoms with Gasteiger partial charge in [0.2, 0.25) is 0 Å². The Labute approximate surface area is 248 Å². The van der Waals surface area contributed by atoms with Crippen molar-refractivity contribution in [3.05, 3.63) is 122 Å². The van der Waals surface area contributed by atoms with Crippen LogP contribution in [0.3, 0.4) is 0 Å². The summed E-state index contributed by atoms with van der Waals surface area (Å²) in [5, 5.41) is 15.9. The third-order valence-electron chi connectivity index (χ3n) is 6.21. The van der Waals surface area contributed by atoms with Crippen LogP contribution in [0.5, 0.6) is 11.5 Å². The second-order valence-electron chi connectivity index (χ2n) is 8.96. The predicted octanol–water partition coefficient (Wildman–Crippen LogP) is 6.89. The van der Waals surface area contributed by atoms with Crippen LogP contribution in [0.15, 0.2) is 101 Å². The first-order valence-electron chi connectivity index (χ1n) is 12.8. The Bertz CT molecular complexity index is 1820. The molecule has 5 rings (SSSR count). The molecular formula is C31H23BrN4O6. The SMILES string of the molecule is CCOc1cc(C=NNC(=O)c2[nH]c3ccc(Br)cc3c2-c2ccccc2)ccc1OC(=O)c1ccc([N+](=O)[O-])cc1. The number of carbonyl (C=O) groups is 2. The van der Waals surface area contributed by atoms with E-state index in [4.69, 9.17) is 9.47 Å². The molecule has 0 bridgehead atoms. The highest BCUT2D eigenvalue weighted by molar-refractivity contribution is 9.10. The van der Waals surface area contributed by atoms with Gasteiger partial charge in [0.05, 0.1) is 23.3 Å². The lowest BCUT2D eigenvalue weighted by molar-refractivity contribution is -0.384. The Morgan fingerprint density at radius 2 is 1.76 bits per heavy atom. The Morgan fingerprint density at radius 3 is 2.48 bits per heavy atom. The smallest absolute Gasteiger partial charge is 0.343 e. The number of benzene rings is 4. The Hall–Kier alpha value is -5.29. The number of aromatic amines is 1. The highest BCUT2D eigenvalue weighted by atomic mass is 79.9. The highest BCUT2D eigenvalue weighted by Gasteiger charge is 2.19. The average molecular weight is 627 g/mol. The van der Waals surface area contributed by atoms with E-state index in [1.54, 1.807) is 25.1 Å². The van der Waals surface area contributed by atoms with Gasteiger partial charge in [0.1, 0.15) is 5.69 Å². The maximum absolute atomic E-state index is 13.2. The zero-order valence-electron chi connectivity index (χ0n) is 22.2. The van der Waals surface area contributed by atoms with Gasteiger partial charge in [-0.3, -0.25) is 14.9 Å². The first-order chi connectivity index (χ1) is 20.3. The van der Waals surface area contributed by atoms with Gasteiger partial charge in [-0.15, -0.1) is 0 Å². The summed E-state index contributed by atoms with van der Waals surface area (Å²) >= 11 is 3.51. The van der Waals surface area contributed by atoms with Crippen LogP contribution in [-0.2, 0) is 0 Å². The number of ether oxygens (including phenoxy) is 2. The summed E-state index contributed by atoms with van der Waals surface area (Å²) in [5.74, 6) is -0.663. The molecule has 42 heavy (non-hydrogen) atoms. The average Bonchev–Trinajstić information content (AvgIpc) is 3.37. The third-order valence-corrected chi connectivity index (χ3v) is 6.71. The summed E-state index contributed by atoms with van der Waals surface area (Å²) in [6.45, 7) is 2.09. The molecule has 11 heteroatoms. The van der Waals surface area contributed by atoms with Crippen LogP contribution in [0.25, 0.3) is 22.0 Å². The van der Waals surface area contributed by atoms with Crippen LogP contribution < -0.4 is 14.9 Å². The quantitative estimate of drug-likeness (QED) is 0.0601. The number of esters is 1. The van der Waals surface area contributed by atoms with Crippen molar-refractivity contribution in [2.75, 3.05) is 6.61 Å². The molecule has 0 aliphatic carbocycles. The van der Waals surface area contributed by atoms with E-state index in [-0.39, 0.29) is 22.7 Å². The first kappa shape index (κ1) is 28.2. The van der Waals surface area contributed by atoms with Crippen molar-refractivity contribution in [1.82, 2.24) is 10.4 Å². The number of non-ortho nitro benzene ring substituents is 1. The Morgan fingerprint density at radius 1 is 1.00 bits per heavy atom.